The molecule has 44 heavy (non-hydrogen) atoms. The van der Waals surface area contributed by atoms with Crippen LogP contribution in [0.3, 0.4) is 0 Å². The molecule has 256 valence electrons. The van der Waals surface area contributed by atoms with Crippen LogP contribution < -0.4 is 0 Å². The highest BCUT2D eigenvalue weighted by molar-refractivity contribution is 5.70. The van der Waals surface area contributed by atoms with E-state index in [4.69, 9.17) is 9.47 Å². The maximum absolute atomic E-state index is 12.1. The molecule has 5 heteroatoms. The van der Waals surface area contributed by atoms with Gasteiger partial charge < -0.3 is 14.6 Å². The quantitative estimate of drug-likeness (QED) is 0.0450. The summed E-state index contributed by atoms with van der Waals surface area (Å²) in [7, 11) is 0. The fourth-order valence-corrected chi connectivity index (χ4v) is 5.05. The average molecular weight is 619 g/mol. The molecule has 0 heterocycles. The Bertz CT molecular complexity index is 711. The lowest BCUT2D eigenvalue weighted by Crippen LogP contribution is -2.28. The molecular formula is C39H70O5. The molecule has 0 aromatic rings. The molecular weight excluding hydrogens is 548 g/mol. The number of carbonyl (C=O) groups excluding carboxylic acids is 2. The van der Waals surface area contributed by atoms with Crippen molar-refractivity contribution in [2.24, 2.45) is 0 Å². The third-order valence-electron chi connectivity index (χ3n) is 7.91. The van der Waals surface area contributed by atoms with E-state index in [1.807, 2.05) is 0 Å². The van der Waals surface area contributed by atoms with Crippen molar-refractivity contribution in [3.63, 3.8) is 0 Å². The van der Waals surface area contributed by atoms with Crippen LogP contribution in [0.2, 0.25) is 0 Å². The van der Waals surface area contributed by atoms with E-state index in [9.17, 15) is 14.7 Å². The molecule has 0 rings (SSSR count). The van der Waals surface area contributed by atoms with Crippen molar-refractivity contribution >= 4 is 11.9 Å². The van der Waals surface area contributed by atoms with Gasteiger partial charge >= 0.3 is 11.9 Å². The fraction of sp³-hybridized carbons (Fsp3) is 0.795. The van der Waals surface area contributed by atoms with Crippen LogP contribution in [0.1, 0.15) is 181 Å². The van der Waals surface area contributed by atoms with E-state index in [1.54, 1.807) is 0 Å². The topological polar surface area (TPSA) is 72.8 Å². The lowest BCUT2D eigenvalue weighted by molar-refractivity contribution is -0.161. The Hall–Kier alpha value is -1.88. The first-order chi connectivity index (χ1) is 21.6. The smallest absolute Gasteiger partial charge is 0.306 e. The summed E-state index contributed by atoms with van der Waals surface area (Å²) in [6.45, 7) is 4.07. The molecule has 0 bridgehead atoms. The van der Waals surface area contributed by atoms with Gasteiger partial charge in [-0.25, -0.2) is 0 Å². The van der Waals surface area contributed by atoms with Gasteiger partial charge in [-0.2, -0.15) is 0 Å². The first-order valence-electron chi connectivity index (χ1n) is 18.5. The second kappa shape index (κ2) is 35.6. The standard InChI is InChI=1S/C39H70O5/c1-3-5-7-9-11-13-15-17-18-19-20-22-23-25-27-29-31-33-38(41)43-36-37(35-40)44-39(42)34-32-30-28-26-24-21-16-14-12-10-8-6-4-2/h11,13-14,16-18,37,40H,3-10,12,15,19-36H2,1-2H3/b13-11+,16-14+,18-17+/t37-/m0/s1. The third-order valence-corrected chi connectivity index (χ3v) is 7.91. The monoisotopic (exact) mass is 619 g/mol. The van der Waals surface area contributed by atoms with E-state index in [1.165, 1.54) is 96.3 Å². The van der Waals surface area contributed by atoms with Gasteiger partial charge in [0.25, 0.3) is 0 Å². The van der Waals surface area contributed by atoms with Crippen molar-refractivity contribution in [2.75, 3.05) is 13.2 Å². The molecule has 0 aliphatic heterocycles. The van der Waals surface area contributed by atoms with Gasteiger partial charge in [0.1, 0.15) is 6.61 Å². The molecule has 0 aliphatic rings. The first kappa shape index (κ1) is 42.1. The van der Waals surface area contributed by atoms with Crippen LogP contribution in [0.4, 0.5) is 0 Å². The number of rotatable bonds is 33. The molecule has 0 saturated heterocycles. The maximum Gasteiger partial charge on any atom is 0.306 e. The summed E-state index contributed by atoms with van der Waals surface area (Å²) in [5.74, 6) is -0.610. The van der Waals surface area contributed by atoms with Crippen LogP contribution in [-0.2, 0) is 19.1 Å². The van der Waals surface area contributed by atoms with Crippen LogP contribution in [0.15, 0.2) is 36.5 Å². The van der Waals surface area contributed by atoms with E-state index in [-0.39, 0.29) is 25.2 Å². The van der Waals surface area contributed by atoms with Crippen molar-refractivity contribution in [3.05, 3.63) is 36.5 Å². The Balaban J connectivity index is 3.59. The van der Waals surface area contributed by atoms with Gasteiger partial charge in [0.15, 0.2) is 6.10 Å². The van der Waals surface area contributed by atoms with E-state index >= 15 is 0 Å². The van der Waals surface area contributed by atoms with E-state index in [0.29, 0.717) is 12.8 Å². The van der Waals surface area contributed by atoms with Crippen LogP contribution in [0, 0.1) is 0 Å². The summed E-state index contributed by atoms with van der Waals surface area (Å²) in [4.78, 5) is 24.2. The molecule has 1 N–H and O–H groups in total. The zero-order valence-corrected chi connectivity index (χ0v) is 28.9. The molecule has 0 amide bonds. The minimum atomic E-state index is -0.776. The van der Waals surface area contributed by atoms with E-state index < -0.39 is 6.10 Å². The molecule has 0 spiro atoms. The minimum absolute atomic E-state index is 0.0725. The number of allylic oxidation sites excluding steroid dienone is 6. The number of hydrogen-bond donors (Lipinski definition) is 1. The summed E-state index contributed by atoms with van der Waals surface area (Å²) in [6.07, 6.45) is 41.9. The Morgan fingerprint density at radius 3 is 1.41 bits per heavy atom. The van der Waals surface area contributed by atoms with Gasteiger partial charge in [-0.1, -0.05) is 134 Å². The Morgan fingerprint density at radius 1 is 0.523 bits per heavy atom. The van der Waals surface area contributed by atoms with Gasteiger partial charge in [0.2, 0.25) is 0 Å². The number of hydrogen-bond acceptors (Lipinski definition) is 5. The number of unbranched alkanes of at least 4 members (excludes halogenated alkanes) is 19. The highest BCUT2D eigenvalue weighted by Gasteiger charge is 2.16. The zero-order chi connectivity index (χ0) is 32.2. The van der Waals surface area contributed by atoms with Crippen molar-refractivity contribution in [2.45, 2.75) is 187 Å². The summed E-state index contributed by atoms with van der Waals surface area (Å²) in [6, 6.07) is 0. The summed E-state index contributed by atoms with van der Waals surface area (Å²) < 4.78 is 10.6. The second-order valence-electron chi connectivity index (χ2n) is 12.3. The van der Waals surface area contributed by atoms with E-state index in [0.717, 1.165) is 57.8 Å². The van der Waals surface area contributed by atoms with Crippen LogP contribution in [0.5, 0.6) is 0 Å². The van der Waals surface area contributed by atoms with E-state index in [2.05, 4.69) is 50.3 Å². The molecule has 1 atom stereocenters. The average Bonchev–Trinajstić information content (AvgIpc) is 3.02. The number of aliphatic hydroxyl groups is 1. The summed E-state index contributed by atoms with van der Waals surface area (Å²) in [5, 5.41) is 9.52. The third kappa shape index (κ3) is 33.0. The van der Waals surface area contributed by atoms with Gasteiger partial charge in [-0.15, -0.1) is 0 Å². The zero-order valence-electron chi connectivity index (χ0n) is 28.9. The van der Waals surface area contributed by atoms with Crippen molar-refractivity contribution < 1.29 is 24.2 Å². The predicted molar refractivity (Wildman–Crippen MR) is 187 cm³/mol. The molecule has 0 unspecified atom stereocenters. The Kier molecular flexibility index (Phi) is 34.1. The molecule has 0 saturated carbocycles. The largest absolute Gasteiger partial charge is 0.462 e. The van der Waals surface area contributed by atoms with Gasteiger partial charge in [0.05, 0.1) is 6.61 Å². The molecule has 5 nitrogen and oxygen atoms in total. The number of carbonyl (C=O) groups is 2. The molecule has 0 aliphatic carbocycles. The summed E-state index contributed by atoms with van der Waals surface area (Å²) >= 11 is 0. The fourth-order valence-electron chi connectivity index (χ4n) is 5.05. The SMILES string of the molecule is CCCCC/C=C/C/C=C/CCCCCCCCCC(=O)OC[C@H](CO)OC(=O)CCCCCCC/C=C/CCCCCC. The van der Waals surface area contributed by atoms with Crippen molar-refractivity contribution in [1.29, 1.82) is 0 Å². The lowest BCUT2D eigenvalue weighted by atomic mass is 10.1. The number of esters is 2. The molecule has 0 fully saturated rings. The predicted octanol–water partition coefficient (Wildman–Crippen LogP) is 11.3. The Labute approximate surface area is 272 Å². The first-order valence-corrected chi connectivity index (χ1v) is 18.5. The highest BCUT2D eigenvalue weighted by Crippen LogP contribution is 2.12. The molecule has 0 aromatic carbocycles. The van der Waals surface area contributed by atoms with Crippen LogP contribution in [-0.4, -0.2) is 36.4 Å². The van der Waals surface area contributed by atoms with Crippen molar-refractivity contribution in [1.82, 2.24) is 0 Å². The maximum atomic E-state index is 12.1. The Morgan fingerprint density at radius 2 is 0.909 bits per heavy atom. The normalized spacial score (nSPS) is 12.5. The van der Waals surface area contributed by atoms with Gasteiger partial charge in [0, 0.05) is 12.8 Å². The van der Waals surface area contributed by atoms with Gasteiger partial charge in [-0.3, -0.25) is 9.59 Å². The molecule has 0 aromatic heterocycles. The second-order valence-corrected chi connectivity index (χ2v) is 12.3. The summed E-state index contributed by atoms with van der Waals surface area (Å²) in [5.41, 5.74) is 0. The minimum Gasteiger partial charge on any atom is -0.462 e. The van der Waals surface area contributed by atoms with Crippen LogP contribution in [0.25, 0.3) is 0 Å². The van der Waals surface area contributed by atoms with Gasteiger partial charge in [-0.05, 0) is 70.6 Å². The lowest BCUT2D eigenvalue weighted by Gasteiger charge is -2.15. The van der Waals surface area contributed by atoms with Crippen LogP contribution >= 0.6 is 0 Å². The number of ether oxygens (including phenoxy) is 2. The van der Waals surface area contributed by atoms with Crippen molar-refractivity contribution in [3.8, 4) is 0 Å². The highest BCUT2D eigenvalue weighted by atomic mass is 16.6. The molecule has 0 radical (unpaired) electrons. The number of aliphatic hydroxyl groups excluding tert-OH is 1.